The zero-order chi connectivity index (χ0) is 23.8. The normalized spacial score (nSPS) is 14.4. The van der Waals surface area contributed by atoms with Gasteiger partial charge in [0.2, 0.25) is 0 Å². The maximum atomic E-state index is 12.6. The molecule has 7 nitrogen and oxygen atoms in total. The number of hydrogen-bond donors (Lipinski definition) is 3. The first-order valence-corrected chi connectivity index (χ1v) is 11.7. The van der Waals surface area contributed by atoms with Crippen LogP contribution in [-0.4, -0.2) is 54.5 Å². The molecule has 3 amide bonds. The minimum atomic E-state index is -0.337. The number of nitrogens with zero attached hydrogens (tertiary/aromatic N) is 2. The average Bonchev–Trinajstić information content (AvgIpc) is 2.86. The van der Waals surface area contributed by atoms with Gasteiger partial charge in [-0.1, -0.05) is 37.3 Å². The van der Waals surface area contributed by atoms with Gasteiger partial charge in [0.25, 0.3) is 5.91 Å². The van der Waals surface area contributed by atoms with Gasteiger partial charge in [-0.05, 0) is 60.6 Å². The van der Waals surface area contributed by atoms with Crippen LogP contribution in [0.2, 0.25) is 0 Å². The first-order chi connectivity index (χ1) is 16.6. The summed E-state index contributed by atoms with van der Waals surface area (Å²) in [5, 5.41) is 8.46. The van der Waals surface area contributed by atoms with Gasteiger partial charge >= 0.3 is 6.03 Å². The molecule has 176 valence electrons. The summed E-state index contributed by atoms with van der Waals surface area (Å²) in [6.45, 7) is 8.67. The zero-order valence-corrected chi connectivity index (χ0v) is 19.5. The molecule has 0 aliphatic carbocycles. The van der Waals surface area contributed by atoms with Crippen LogP contribution >= 0.6 is 0 Å². The topological polar surface area (TPSA) is 76.7 Å². The number of carbonyl (C=O) groups excluding carboxylic acids is 2. The number of rotatable bonds is 7. The number of nitrogens with one attached hydrogen (secondary N) is 3. The maximum Gasteiger partial charge on any atom is 0.323 e. The van der Waals surface area contributed by atoms with Gasteiger partial charge in [-0.25, -0.2) is 4.79 Å². The van der Waals surface area contributed by atoms with E-state index in [0.717, 1.165) is 45.0 Å². The van der Waals surface area contributed by atoms with Crippen LogP contribution in [0.15, 0.2) is 78.9 Å². The molecule has 1 aliphatic rings. The first kappa shape index (κ1) is 23.5. The molecule has 4 rings (SSSR count). The highest BCUT2D eigenvalue weighted by Crippen LogP contribution is 2.16. The Bertz CT molecular complexity index is 1080. The van der Waals surface area contributed by atoms with Gasteiger partial charge in [0.1, 0.15) is 0 Å². The van der Waals surface area contributed by atoms with E-state index in [1.54, 1.807) is 24.3 Å². The lowest BCUT2D eigenvalue weighted by atomic mass is 10.1. The lowest BCUT2D eigenvalue weighted by Crippen LogP contribution is -2.45. The Labute approximate surface area is 200 Å². The number of anilines is 3. The molecule has 34 heavy (non-hydrogen) atoms. The Kier molecular flexibility index (Phi) is 7.91. The third-order valence-corrected chi connectivity index (χ3v) is 5.97. The van der Waals surface area contributed by atoms with Gasteiger partial charge in [-0.3, -0.25) is 9.69 Å². The summed E-state index contributed by atoms with van der Waals surface area (Å²) in [6.07, 6.45) is 0. The van der Waals surface area contributed by atoms with Crippen LogP contribution in [0.25, 0.3) is 0 Å². The van der Waals surface area contributed by atoms with Crippen molar-refractivity contribution in [2.45, 2.75) is 13.5 Å². The number of carbonyl (C=O) groups is 2. The molecular formula is C27H31N5O2. The molecule has 1 saturated heterocycles. The summed E-state index contributed by atoms with van der Waals surface area (Å²) in [6, 6.07) is 23.7. The van der Waals surface area contributed by atoms with Crippen molar-refractivity contribution in [1.82, 2.24) is 9.80 Å². The molecule has 1 fully saturated rings. The molecule has 0 aromatic heterocycles. The molecule has 7 heteroatoms. The van der Waals surface area contributed by atoms with Gasteiger partial charge in [-0.2, -0.15) is 0 Å². The van der Waals surface area contributed by atoms with Gasteiger partial charge in [0, 0.05) is 55.3 Å². The lowest BCUT2D eigenvalue weighted by molar-refractivity contribution is 0.102. The number of likely N-dealkylation sites (N-methyl/N-ethyl adjacent to an activating group) is 1. The summed E-state index contributed by atoms with van der Waals surface area (Å²) < 4.78 is 0. The second-order valence-corrected chi connectivity index (χ2v) is 8.38. The van der Waals surface area contributed by atoms with Crippen molar-refractivity contribution in [3.8, 4) is 0 Å². The van der Waals surface area contributed by atoms with Crippen molar-refractivity contribution in [3.63, 3.8) is 0 Å². The zero-order valence-electron chi connectivity index (χ0n) is 19.5. The van der Waals surface area contributed by atoms with Crippen LogP contribution in [0.3, 0.4) is 0 Å². The SMILES string of the molecule is CCN1CCN(Cc2ccc(NC(=O)c3ccc(NC(=O)Nc4ccccc4)cc3)cc2)CC1. The molecule has 1 heterocycles. The van der Waals surface area contributed by atoms with E-state index in [1.165, 1.54) is 5.56 Å². The highest BCUT2D eigenvalue weighted by Gasteiger charge is 2.15. The maximum absolute atomic E-state index is 12.6. The van der Waals surface area contributed by atoms with Gasteiger partial charge < -0.3 is 20.9 Å². The van der Waals surface area contributed by atoms with Crippen LogP contribution in [0, 0.1) is 0 Å². The van der Waals surface area contributed by atoms with Crippen molar-refractivity contribution in [1.29, 1.82) is 0 Å². The third kappa shape index (κ3) is 6.66. The molecule has 0 spiro atoms. The van der Waals surface area contributed by atoms with E-state index in [2.05, 4.69) is 44.8 Å². The summed E-state index contributed by atoms with van der Waals surface area (Å²) in [5.74, 6) is -0.191. The lowest BCUT2D eigenvalue weighted by Gasteiger charge is -2.34. The van der Waals surface area contributed by atoms with Crippen LogP contribution in [0.5, 0.6) is 0 Å². The molecule has 3 aromatic rings. The number of piperazine rings is 1. The van der Waals surface area contributed by atoms with Crippen molar-refractivity contribution in [2.75, 3.05) is 48.7 Å². The van der Waals surface area contributed by atoms with Crippen LogP contribution in [0.1, 0.15) is 22.8 Å². The number of para-hydroxylation sites is 1. The molecule has 3 N–H and O–H groups in total. The molecule has 3 aromatic carbocycles. The fourth-order valence-corrected chi connectivity index (χ4v) is 3.94. The first-order valence-electron chi connectivity index (χ1n) is 11.7. The predicted molar refractivity (Wildman–Crippen MR) is 137 cm³/mol. The molecule has 0 unspecified atom stereocenters. The second-order valence-electron chi connectivity index (χ2n) is 8.38. The van der Waals surface area contributed by atoms with E-state index in [-0.39, 0.29) is 11.9 Å². The summed E-state index contributed by atoms with van der Waals surface area (Å²) in [7, 11) is 0. The molecule has 1 aliphatic heterocycles. The Morgan fingerprint density at radius 1 is 0.676 bits per heavy atom. The minimum Gasteiger partial charge on any atom is -0.322 e. The Balaban J connectivity index is 1.26. The van der Waals surface area contributed by atoms with Crippen LogP contribution in [0.4, 0.5) is 21.9 Å². The number of amides is 3. The highest BCUT2D eigenvalue weighted by molar-refractivity contribution is 6.05. The van der Waals surface area contributed by atoms with Crippen molar-refractivity contribution >= 4 is 29.0 Å². The molecule has 0 radical (unpaired) electrons. The summed E-state index contributed by atoms with van der Waals surface area (Å²) in [5.41, 5.74) is 3.84. The van der Waals surface area contributed by atoms with E-state index < -0.39 is 0 Å². The Morgan fingerprint density at radius 3 is 1.82 bits per heavy atom. The predicted octanol–water partition coefficient (Wildman–Crippen LogP) is 4.72. The molecule has 0 atom stereocenters. The van der Waals surface area contributed by atoms with Gasteiger partial charge in [0.05, 0.1) is 0 Å². The Hall–Kier alpha value is -3.68. The quantitative estimate of drug-likeness (QED) is 0.480. The van der Waals surface area contributed by atoms with Crippen molar-refractivity contribution in [3.05, 3.63) is 90.0 Å². The van der Waals surface area contributed by atoms with Gasteiger partial charge in [0.15, 0.2) is 0 Å². The number of urea groups is 1. The smallest absolute Gasteiger partial charge is 0.322 e. The van der Waals surface area contributed by atoms with Crippen molar-refractivity contribution < 1.29 is 9.59 Å². The third-order valence-electron chi connectivity index (χ3n) is 5.97. The van der Waals surface area contributed by atoms with Crippen molar-refractivity contribution in [2.24, 2.45) is 0 Å². The Morgan fingerprint density at radius 2 is 1.21 bits per heavy atom. The molecule has 0 bridgehead atoms. The van der Waals surface area contributed by atoms with E-state index in [0.29, 0.717) is 16.9 Å². The average molecular weight is 458 g/mol. The number of hydrogen-bond acceptors (Lipinski definition) is 4. The number of benzene rings is 3. The minimum absolute atomic E-state index is 0.191. The van der Waals surface area contributed by atoms with Crippen LogP contribution in [-0.2, 0) is 6.54 Å². The monoisotopic (exact) mass is 457 g/mol. The summed E-state index contributed by atoms with van der Waals surface area (Å²) in [4.78, 5) is 29.7. The van der Waals surface area contributed by atoms with E-state index >= 15 is 0 Å². The van der Waals surface area contributed by atoms with Gasteiger partial charge in [-0.15, -0.1) is 0 Å². The molecular weight excluding hydrogens is 426 g/mol. The molecule has 0 saturated carbocycles. The largest absolute Gasteiger partial charge is 0.323 e. The fourth-order valence-electron chi connectivity index (χ4n) is 3.94. The van der Waals surface area contributed by atoms with E-state index in [1.807, 2.05) is 42.5 Å². The van der Waals surface area contributed by atoms with E-state index in [9.17, 15) is 9.59 Å². The summed E-state index contributed by atoms with van der Waals surface area (Å²) >= 11 is 0. The van der Waals surface area contributed by atoms with E-state index in [4.69, 9.17) is 0 Å². The standard InChI is InChI=1S/C27H31N5O2/c1-2-31-16-18-32(19-17-31)20-21-8-12-24(13-9-21)28-26(33)22-10-14-25(15-11-22)30-27(34)29-23-6-4-3-5-7-23/h3-15H,2,16-20H2,1H3,(H,28,33)(H2,29,30,34). The fraction of sp³-hybridized carbons (Fsp3) is 0.259. The highest BCUT2D eigenvalue weighted by atomic mass is 16.2. The van der Waals surface area contributed by atoms with Crippen LogP contribution < -0.4 is 16.0 Å². The second kappa shape index (κ2) is 11.4.